The maximum absolute atomic E-state index is 13.6. The first-order valence-electron chi connectivity index (χ1n) is 5.91. The molecule has 112 valence electrons. The van der Waals surface area contributed by atoms with Crippen molar-refractivity contribution in [1.29, 1.82) is 5.26 Å². The number of hydrogen-bond acceptors (Lipinski definition) is 3. The second kappa shape index (κ2) is 5.87. The molecule has 1 aromatic carbocycles. The largest absolute Gasteiger partial charge is 0.509 e. The molecule has 0 aliphatic heterocycles. The quantitative estimate of drug-likeness (QED) is 0.507. The third kappa shape index (κ3) is 2.70. The Bertz CT molecular complexity index is 602. The minimum absolute atomic E-state index is 0.327. The van der Waals surface area contributed by atoms with Gasteiger partial charge in [0.2, 0.25) is 0 Å². The van der Waals surface area contributed by atoms with E-state index in [0.717, 1.165) is 25.1 Å². The first-order chi connectivity index (χ1) is 9.72. The first kappa shape index (κ1) is 16.6. The lowest BCUT2D eigenvalue weighted by Crippen LogP contribution is -2.44. The van der Waals surface area contributed by atoms with E-state index in [2.05, 4.69) is 0 Å². The molecule has 0 spiro atoms. The number of nitriles is 1. The molecule has 0 radical (unpaired) electrons. The van der Waals surface area contributed by atoms with Crippen LogP contribution in [0.5, 0.6) is 0 Å². The number of carboxylic acids is 1. The summed E-state index contributed by atoms with van der Waals surface area (Å²) in [4.78, 5) is 10.9. The predicted octanol–water partition coefficient (Wildman–Crippen LogP) is 3.32. The van der Waals surface area contributed by atoms with Crippen LogP contribution in [0.25, 0.3) is 0 Å². The molecular formula is C14H12F3NO3. The summed E-state index contributed by atoms with van der Waals surface area (Å²) in [6.07, 6.45) is -5.62. The second-order valence-electron chi connectivity index (χ2n) is 4.26. The molecule has 1 atom stereocenters. The molecule has 0 amide bonds. The zero-order chi connectivity index (χ0) is 16.3. The van der Waals surface area contributed by atoms with Gasteiger partial charge < -0.3 is 10.2 Å². The van der Waals surface area contributed by atoms with E-state index in [1.165, 1.54) is 18.2 Å². The number of carbonyl (C=O) groups is 1. The Morgan fingerprint density at radius 1 is 1.24 bits per heavy atom. The molecule has 0 fully saturated rings. The van der Waals surface area contributed by atoms with Crippen LogP contribution < -0.4 is 0 Å². The summed E-state index contributed by atoms with van der Waals surface area (Å²) in [6.45, 7) is 1.16. The summed E-state index contributed by atoms with van der Waals surface area (Å²) in [6, 6.07) is 7.54. The number of aliphatic hydroxyl groups excluding tert-OH is 1. The van der Waals surface area contributed by atoms with Gasteiger partial charge in [-0.15, -0.1) is 0 Å². The minimum atomic E-state index is -4.97. The molecular weight excluding hydrogens is 287 g/mol. The highest BCUT2D eigenvalue weighted by Gasteiger charge is 2.59. The van der Waals surface area contributed by atoms with Crippen LogP contribution in [-0.2, 0) is 10.2 Å². The maximum atomic E-state index is 13.6. The Hall–Kier alpha value is -2.49. The zero-order valence-corrected chi connectivity index (χ0v) is 11.0. The van der Waals surface area contributed by atoms with E-state index < -0.39 is 35.3 Å². The van der Waals surface area contributed by atoms with Gasteiger partial charge in [0.25, 0.3) is 0 Å². The van der Waals surface area contributed by atoms with Crippen molar-refractivity contribution < 1.29 is 28.2 Å². The number of aliphatic carboxylic acids is 1. The molecule has 7 heteroatoms. The molecule has 0 aliphatic carbocycles. The Balaban J connectivity index is 3.78. The lowest BCUT2D eigenvalue weighted by molar-refractivity contribution is -0.188. The molecule has 1 aromatic rings. The maximum Gasteiger partial charge on any atom is 0.405 e. The second-order valence-corrected chi connectivity index (χ2v) is 4.26. The fraction of sp³-hybridized carbons (Fsp3) is 0.286. The number of allylic oxidation sites excluding steroid dienone is 1. The molecule has 1 rings (SSSR count). The molecule has 0 bridgehead atoms. The van der Waals surface area contributed by atoms with Crippen molar-refractivity contribution in [3.05, 3.63) is 47.2 Å². The monoisotopic (exact) mass is 299 g/mol. The molecule has 0 saturated heterocycles. The third-order valence-electron chi connectivity index (χ3n) is 3.25. The number of nitrogens with zero attached hydrogens (tertiary/aromatic N) is 1. The van der Waals surface area contributed by atoms with Gasteiger partial charge >= 0.3 is 12.1 Å². The number of carboxylic acid groups (broad SMARTS) is 1. The number of rotatable bonds is 4. The SMILES string of the molecule is CCC(/C(O)=C(\C#N)C(=O)O)(c1ccccc1)C(F)(F)F. The first-order valence-corrected chi connectivity index (χ1v) is 5.91. The average Bonchev–Trinajstić information content (AvgIpc) is 2.40. The zero-order valence-electron chi connectivity index (χ0n) is 11.0. The van der Waals surface area contributed by atoms with E-state index >= 15 is 0 Å². The molecule has 0 aromatic heterocycles. The van der Waals surface area contributed by atoms with Gasteiger partial charge in [0.15, 0.2) is 5.57 Å². The van der Waals surface area contributed by atoms with E-state index in [0.29, 0.717) is 0 Å². The molecule has 1 unspecified atom stereocenters. The third-order valence-corrected chi connectivity index (χ3v) is 3.25. The molecule has 2 N–H and O–H groups in total. The summed E-state index contributed by atoms with van der Waals surface area (Å²) in [5.74, 6) is -3.41. The van der Waals surface area contributed by atoms with Crippen molar-refractivity contribution in [2.75, 3.05) is 0 Å². The van der Waals surface area contributed by atoms with Gasteiger partial charge in [0, 0.05) is 0 Å². The van der Waals surface area contributed by atoms with Crippen molar-refractivity contribution in [3.63, 3.8) is 0 Å². The summed E-state index contributed by atoms with van der Waals surface area (Å²) in [5, 5.41) is 27.5. The van der Waals surface area contributed by atoms with Crippen LogP contribution in [0.1, 0.15) is 18.9 Å². The molecule has 0 saturated carbocycles. The van der Waals surface area contributed by atoms with Crippen molar-refractivity contribution in [2.24, 2.45) is 0 Å². The summed E-state index contributed by atoms with van der Waals surface area (Å²) >= 11 is 0. The van der Waals surface area contributed by atoms with Crippen molar-refractivity contribution in [2.45, 2.75) is 24.9 Å². The van der Waals surface area contributed by atoms with Crippen LogP contribution in [0.4, 0.5) is 13.2 Å². The van der Waals surface area contributed by atoms with Gasteiger partial charge in [-0.05, 0) is 12.0 Å². The van der Waals surface area contributed by atoms with Gasteiger partial charge in [-0.3, -0.25) is 0 Å². The van der Waals surface area contributed by atoms with E-state index in [1.54, 1.807) is 0 Å². The van der Waals surface area contributed by atoms with Crippen LogP contribution in [0.2, 0.25) is 0 Å². The Morgan fingerprint density at radius 2 is 1.76 bits per heavy atom. The van der Waals surface area contributed by atoms with Gasteiger partial charge in [0.05, 0.1) is 0 Å². The molecule has 4 nitrogen and oxygen atoms in total. The number of aliphatic hydroxyl groups is 1. The lowest BCUT2D eigenvalue weighted by Gasteiger charge is -2.34. The van der Waals surface area contributed by atoms with Crippen LogP contribution in [0.3, 0.4) is 0 Å². The highest BCUT2D eigenvalue weighted by Crippen LogP contribution is 2.48. The van der Waals surface area contributed by atoms with E-state index in [-0.39, 0.29) is 5.56 Å². The van der Waals surface area contributed by atoms with Gasteiger partial charge in [0.1, 0.15) is 17.2 Å². The van der Waals surface area contributed by atoms with Crippen LogP contribution in [-0.4, -0.2) is 22.4 Å². The van der Waals surface area contributed by atoms with Crippen LogP contribution in [0, 0.1) is 11.3 Å². The van der Waals surface area contributed by atoms with Crippen LogP contribution >= 0.6 is 0 Å². The molecule has 0 heterocycles. The smallest absolute Gasteiger partial charge is 0.405 e. The van der Waals surface area contributed by atoms with E-state index in [9.17, 15) is 23.1 Å². The molecule has 0 aliphatic rings. The highest BCUT2D eigenvalue weighted by molar-refractivity contribution is 5.92. The van der Waals surface area contributed by atoms with Crippen LogP contribution in [0.15, 0.2) is 41.7 Å². The number of halogens is 3. The lowest BCUT2D eigenvalue weighted by atomic mass is 9.74. The Labute approximate surface area is 118 Å². The highest BCUT2D eigenvalue weighted by atomic mass is 19.4. The topological polar surface area (TPSA) is 81.3 Å². The normalized spacial score (nSPS) is 15.6. The summed E-state index contributed by atoms with van der Waals surface area (Å²) in [5.41, 5.74) is -4.58. The number of alkyl halides is 3. The minimum Gasteiger partial charge on any atom is -0.509 e. The van der Waals surface area contributed by atoms with Crippen molar-refractivity contribution in [1.82, 2.24) is 0 Å². The fourth-order valence-corrected chi connectivity index (χ4v) is 2.14. The standard InChI is InChI=1S/C14H12F3NO3/c1-2-13(14(15,16)17,9-6-4-3-5-7-9)11(19)10(8-18)12(20)21/h3-7,19H,2H2,1H3,(H,20,21)/b11-10-. The number of hydrogen-bond donors (Lipinski definition) is 2. The van der Waals surface area contributed by atoms with Crippen molar-refractivity contribution in [3.8, 4) is 6.07 Å². The fourth-order valence-electron chi connectivity index (χ4n) is 2.14. The Kier molecular flexibility index (Phi) is 4.63. The van der Waals surface area contributed by atoms with Gasteiger partial charge in [-0.25, -0.2) is 4.79 Å². The predicted molar refractivity (Wildman–Crippen MR) is 67.4 cm³/mol. The van der Waals surface area contributed by atoms with Gasteiger partial charge in [-0.2, -0.15) is 18.4 Å². The summed E-state index contributed by atoms with van der Waals surface area (Å²) < 4.78 is 40.7. The van der Waals surface area contributed by atoms with Gasteiger partial charge in [-0.1, -0.05) is 37.3 Å². The average molecular weight is 299 g/mol. The molecule has 21 heavy (non-hydrogen) atoms. The van der Waals surface area contributed by atoms with Crippen molar-refractivity contribution >= 4 is 5.97 Å². The van der Waals surface area contributed by atoms with E-state index in [4.69, 9.17) is 10.4 Å². The number of benzene rings is 1. The van der Waals surface area contributed by atoms with E-state index in [1.807, 2.05) is 0 Å². The Morgan fingerprint density at radius 3 is 2.10 bits per heavy atom. The summed E-state index contributed by atoms with van der Waals surface area (Å²) in [7, 11) is 0.